The molecule has 1 rings (SSSR count). The molecule has 4 heteroatoms. The Morgan fingerprint density at radius 2 is 2.18 bits per heavy atom. The lowest BCUT2D eigenvalue weighted by Crippen LogP contribution is -2.12. The minimum atomic E-state index is 0.0169. The van der Waals surface area contributed by atoms with E-state index in [1.54, 1.807) is 25.3 Å². The molecule has 1 amide bonds. The van der Waals surface area contributed by atoms with E-state index in [2.05, 4.69) is 19.2 Å². The van der Waals surface area contributed by atoms with E-state index in [1.807, 2.05) is 0 Å². The van der Waals surface area contributed by atoms with Crippen LogP contribution in [0, 0.1) is 5.92 Å². The largest absolute Gasteiger partial charge is 0.495 e. The molecule has 4 nitrogen and oxygen atoms in total. The third-order valence-corrected chi connectivity index (χ3v) is 2.46. The standard InChI is InChI=1S/C13H20N2O2/c1-9(2)4-7-13(16)15-10-5-6-12(17-3)11(14)8-10/h5-6,8-9H,4,7,14H2,1-3H3,(H,15,16). The fourth-order valence-electron chi connectivity index (χ4n) is 1.46. The number of hydrogen-bond donors (Lipinski definition) is 2. The first-order valence-electron chi connectivity index (χ1n) is 5.76. The lowest BCUT2D eigenvalue weighted by atomic mass is 10.1. The predicted molar refractivity (Wildman–Crippen MR) is 70.1 cm³/mol. The number of benzene rings is 1. The van der Waals surface area contributed by atoms with Crippen LogP contribution in [0.1, 0.15) is 26.7 Å². The molecule has 0 unspecified atom stereocenters. The minimum absolute atomic E-state index is 0.0169. The van der Waals surface area contributed by atoms with Gasteiger partial charge in [-0.2, -0.15) is 0 Å². The van der Waals surface area contributed by atoms with Crippen LogP contribution >= 0.6 is 0 Å². The Morgan fingerprint density at radius 3 is 2.71 bits per heavy atom. The van der Waals surface area contributed by atoms with Gasteiger partial charge in [0.15, 0.2) is 0 Å². The highest BCUT2D eigenvalue weighted by atomic mass is 16.5. The van der Waals surface area contributed by atoms with Crippen LogP contribution in [0.3, 0.4) is 0 Å². The number of nitrogen functional groups attached to an aromatic ring is 1. The zero-order chi connectivity index (χ0) is 12.8. The van der Waals surface area contributed by atoms with Gasteiger partial charge in [0, 0.05) is 12.1 Å². The average Bonchev–Trinajstić information content (AvgIpc) is 2.26. The van der Waals surface area contributed by atoms with Gasteiger partial charge in [0.2, 0.25) is 5.91 Å². The molecular weight excluding hydrogens is 216 g/mol. The lowest BCUT2D eigenvalue weighted by molar-refractivity contribution is -0.116. The van der Waals surface area contributed by atoms with Gasteiger partial charge in [-0.25, -0.2) is 0 Å². The highest BCUT2D eigenvalue weighted by Gasteiger charge is 2.06. The van der Waals surface area contributed by atoms with Crippen molar-refractivity contribution in [1.29, 1.82) is 0 Å². The van der Waals surface area contributed by atoms with Crippen LogP contribution in [0.4, 0.5) is 11.4 Å². The quantitative estimate of drug-likeness (QED) is 0.772. The third kappa shape index (κ3) is 4.34. The van der Waals surface area contributed by atoms with E-state index in [4.69, 9.17) is 10.5 Å². The van der Waals surface area contributed by atoms with E-state index >= 15 is 0 Å². The van der Waals surface area contributed by atoms with Crippen molar-refractivity contribution in [2.24, 2.45) is 5.92 Å². The summed E-state index contributed by atoms with van der Waals surface area (Å²) >= 11 is 0. The zero-order valence-corrected chi connectivity index (χ0v) is 10.6. The lowest BCUT2D eigenvalue weighted by Gasteiger charge is -2.09. The summed E-state index contributed by atoms with van der Waals surface area (Å²) in [5, 5.41) is 2.81. The van der Waals surface area contributed by atoms with E-state index in [0.29, 0.717) is 29.5 Å². The van der Waals surface area contributed by atoms with Crippen molar-refractivity contribution < 1.29 is 9.53 Å². The number of carbonyl (C=O) groups is 1. The summed E-state index contributed by atoms with van der Waals surface area (Å²) in [5.74, 6) is 1.16. The molecule has 0 bridgehead atoms. The monoisotopic (exact) mass is 236 g/mol. The first kappa shape index (κ1) is 13.4. The van der Waals surface area contributed by atoms with Crippen LogP contribution in [0.25, 0.3) is 0 Å². The van der Waals surface area contributed by atoms with Gasteiger partial charge in [0.05, 0.1) is 12.8 Å². The highest BCUT2D eigenvalue weighted by Crippen LogP contribution is 2.24. The van der Waals surface area contributed by atoms with E-state index in [-0.39, 0.29) is 5.91 Å². The van der Waals surface area contributed by atoms with Crippen LogP contribution in [0.2, 0.25) is 0 Å². The van der Waals surface area contributed by atoms with Crippen molar-refractivity contribution >= 4 is 17.3 Å². The Balaban J connectivity index is 2.57. The number of ether oxygens (including phenoxy) is 1. The molecule has 17 heavy (non-hydrogen) atoms. The van der Waals surface area contributed by atoms with Gasteiger partial charge in [-0.05, 0) is 30.5 Å². The number of rotatable bonds is 5. The maximum atomic E-state index is 11.6. The number of amides is 1. The number of nitrogens with two attached hydrogens (primary N) is 1. The van der Waals surface area contributed by atoms with Gasteiger partial charge in [0.25, 0.3) is 0 Å². The van der Waals surface area contributed by atoms with E-state index in [1.165, 1.54) is 0 Å². The summed E-state index contributed by atoms with van der Waals surface area (Å²) in [6.07, 6.45) is 1.42. The van der Waals surface area contributed by atoms with Crippen molar-refractivity contribution in [2.45, 2.75) is 26.7 Å². The van der Waals surface area contributed by atoms with Crippen LogP contribution < -0.4 is 15.8 Å². The molecule has 94 valence electrons. The van der Waals surface area contributed by atoms with E-state index in [9.17, 15) is 4.79 Å². The number of anilines is 2. The Kier molecular flexibility index (Phi) is 4.82. The fraction of sp³-hybridized carbons (Fsp3) is 0.462. The molecule has 0 atom stereocenters. The Hall–Kier alpha value is -1.71. The molecule has 0 saturated carbocycles. The van der Waals surface area contributed by atoms with Crippen LogP contribution in [-0.2, 0) is 4.79 Å². The second-order valence-corrected chi connectivity index (χ2v) is 4.44. The molecule has 0 saturated heterocycles. The summed E-state index contributed by atoms with van der Waals surface area (Å²) < 4.78 is 5.05. The molecule has 0 aliphatic rings. The SMILES string of the molecule is COc1ccc(NC(=O)CCC(C)C)cc1N. The second kappa shape index (κ2) is 6.13. The van der Waals surface area contributed by atoms with Crippen molar-refractivity contribution in [3.8, 4) is 5.75 Å². The van der Waals surface area contributed by atoms with Gasteiger partial charge in [-0.3, -0.25) is 4.79 Å². The number of nitrogens with one attached hydrogen (secondary N) is 1. The van der Waals surface area contributed by atoms with Gasteiger partial charge >= 0.3 is 0 Å². The van der Waals surface area contributed by atoms with Gasteiger partial charge in [-0.15, -0.1) is 0 Å². The molecule has 1 aromatic rings. The third-order valence-electron chi connectivity index (χ3n) is 2.46. The normalized spacial score (nSPS) is 10.4. The van der Waals surface area contributed by atoms with Gasteiger partial charge in [-0.1, -0.05) is 13.8 Å². The molecule has 0 spiro atoms. The first-order chi connectivity index (χ1) is 8.02. The molecule has 3 N–H and O–H groups in total. The van der Waals surface area contributed by atoms with E-state index < -0.39 is 0 Å². The zero-order valence-electron chi connectivity index (χ0n) is 10.6. The molecule has 0 aromatic heterocycles. The van der Waals surface area contributed by atoms with Gasteiger partial charge < -0.3 is 15.8 Å². The first-order valence-corrected chi connectivity index (χ1v) is 5.76. The molecular formula is C13H20N2O2. The van der Waals surface area contributed by atoms with Crippen molar-refractivity contribution in [3.63, 3.8) is 0 Å². The predicted octanol–water partition coefficient (Wildman–Crippen LogP) is 2.65. The minimum Gasteiger partial charge on any atom is -0.495 e. The van der Waals surface area contributed by atoms with Crippen LogP contribution in [0.15, 0.2) is 18.2 Å². The van der Waals surface area contributed by atoms with Crippen LogP contribution in [-0.4, -0.2) is 13.0 Å². The molecule has 0 aliphatic carbocycles. The fourth-order valence-corrected chi connectivity index (χ4v) is 1.46. The van der Waals surface area contributed by atoms with Crippen molar-refractivity contribution in [1.82, 2.24) is 0 Å². The maximum absolute atomic E-state index is 11.6. The second-order valence-electron chi connectivity index (χ2n) is 4.44. The van der Waals surface area contributed by atoms with Gasteiger partial charge in [0.1, 0.15) is 5.75 Å². The topological polar surface area (TPSA) is 64.3 Å². The Bertz CT molecular complexity index is 389. The summed E-state index contributed by atoms with van der Waals surface area (Å²) in [6.45, 7) is 4.19. The molecule has 0 heterocycles. The number of hydrogen-bond acceptors (Lipinski definition) is 3. The average molecular weight is 236 g/mol. The summed E-state index contributed by atoms with van der Waals surface area (Å²) in [7, 11) is 1.56. The summed E-state index contributed by atoms with van der Waals surface area (Å²) in [5.41, 5.74) is 6.98. The molecule has 0 radical (unpaired) electrons. The van der Waals surface area contributed by atoms with Crippen molar-refractivity contribution in [3.05, 3.63) is 18.2 Å². The smallest absolute Gasteiger partial charge is 0.224 e. The molecule has 1 aromatic carbocycles. The molecule has 0 fully saturated rings. The Labute approximate surface area is 102 Å². The summed E-state index contributed by atoms with van der Waals surface area (Å²) in [4.78, 5) is 11.6. The van der Waals surface area contributed by atoms with Crippen LogP contribution in [0.5, 0.6) is 5.75 Å². The highest BCUT2D eigenvalue weighted by molar-refractivity contribution is 5.91. The number of methoxy groups -OCH3 is 1. The van der Waals surface area contributed by atoms with E-state index in [0.717, 1.165) is 6.42 Å². The number of carbonyl (C=O) groups excluding carboxylic acids is 1. The Morgan fingerprint density at radius 1 is 1.47 bits per heavy atom. The maximum Gasteiger partial charge on any atom is 0.224 e. The summed E-state index contributed by atoms with van der Waals surface area (Å²) in [6, 6.07) is 5.22. The van der Waals surface area contributed by atoms with Crippen molar-refractivity contribution in [2.75, 3.05) is 18.2 Å². The molecule has 0 aliphatic heterocycles.